The van der Waals surface area contributed by atoms with Crippen LogP contribution in [0, 0.1) is 5.82 Å². The minimum absolute atomic E-state index is 0.0337. The second-order valence-electron chi connectivity index (χ2n) is 5.27. The lowest BCUT2D eigenvalue weighted by atomic mass is 10.00. The zero-order valence-corrected chi connectivity index (χ0v) is 12.9. The molecule has 1 amide bonds. The van der Waals surface area contributed by atoms with Gasteiger partial charge in [0.1, 0.15) is 10.8 Å². The highest BCUT2D eigenvalue weighted by molar-refractivity contribution is 7.80. The first-order valence-electron chi connectivity index (χ1n) is 7.07. The Morgan fingerprint density at radius 2 is 2.29 bits per heavy atom. The van der Waals surface area contributed by atoms with Crippen molar-refractivity contribution in [1.82, 2.24) is 10.2 Å². The van der Waals surface area contributed by atoms with Crippen molar-refractivity contribution < 1.29 is 9.18 Å². The highest BCUT2D eigenvalue weighted by Crippen LogP contribution is 2.21. The van der Waals surface area contributed by atoms with Crippen molar-refractivity contribution in [2.75, 3.05) is 13.6 Å². The molecule has 2 rings (SSSR count). The molecule has 0 aliphatic carbocycles. The Morgan fingerprint density at radius 3 is 2.95 bits per heavy atom. The molecule has 1 aliphatic rings. The van der Waals surface area contributed by atoms with Crippen molar-refractivity contribution in [3.63, 3.8) is 0 Å². The summed E-state index contributed by atoms with van der Waals surface area (Å²) in [6.07, 6.45) is 2.97. The Morgan fingerprint density at radius 1 is 1.52 bits per heavy atom. The number of likely N-dealkylation sites (N-methyl/N-ethyl adjacent to an activating group) is 1. The lowest BCUT2D eigenvalue weighted by Crippen LogP contribution is -2.48. The van der Waals surface area contributed by atoms with E-state index in [9.17, 15) is 9.18 Å². The fourth-order valence-electron chi connectivity index (χ4n) is 2.74. The van der Waals surface area contributed by atoms with E-state index in [0.29, 0.717) is 6.54 Å². The van der Waals surface area contributed by atoms with Crippen LogP contribution in [0.3, 0.4) is 0 Å². The van der Waals surface area contributed by atoms with E-state index in [1.54, 1.807) is 19.2 Å². The van der Waals surface area contributed by atoms with Crippen LogP contribution in [0.2, 0.25) is 0 Å². The number of rotatable bonds is 4. The van der Waals surface area contributed by atoms with E-state index >= 15 is 0 Å². The number of hydrogen-bond acceptors (Lipinski definition) is 3. The van der Waals surface area contributed by atoms with E-state index in [2.05, 4.69) is 10.2 Å². The third-order valence-electron chi connectivity index (χ3n) is 3.84. The molecule has 1 unspecified atom stereocenters. The second kappa shape index (κ2) is 6.95. The zero-order chi connectivity index (χ0) is 15.4. The minimum Gasteiger partial charge on any atom is -0.389 e. The third-order valence-corrected chi connectivity index (χ3v) is 4.06. The molecule has 0 aromatic heterocycles. The van der Waals surface area contributed by atoms with E-state index in [-0.39, 0.29) is 22.5 Å². The first kappa shape index (κ1) is 15.9. The maximum absolute atomic E-state index is 13.6. The number of halogens is 1. The largest absolute Gasteiger partial charge is 0.389 e. The molecular weight excluding hydrogens is 289 g/mol. The van der Waals surface area contributed by atoms with Gasteiger partial charge in [0.25, 0.3) is 0 Å². The molecule has 1 heterocycles. The van der Waals surface area contributed by atoms with Gasteiger partial charge in [-0.2, -0.15) is 0 Å². The van der Waals surface area contributed by atoms with Crippen LogP contribution in [0.5, 0.6) is 0 Å². The van der Waals surface area contributed by atoms with Crippen LogP contribution in [-0.2, 0) is 11.3 Å². The summed E-state index contributed by atoms with van der Waals surface area (Å²) in [6.45, 7) is 1.45. The van der Waals surface area contributed by atoms with Gasteiger partial charge in [0.2, 0.25) is 5.91 Å². The van der Waals surface area contributed by atoms with Crippen molar-refractivity contribution >= 4 is 23.1 Å². The molecule has 0 radical (unpaired) electrons. The molecule has 1 aromatic carbocycles. The average Bonchev–Trinajstić information content (AvgIpc) is 2.48. The topological polar surface area (TPSA) is 58.4 Å². The maximum Gasteiger partial charge on any atom is 0.237 e. The fraction of sp³-hybridized carbons (Fsp3) is 0.467. The predicted octanol–water partition coefficient (Wildman–Crippen LogP) is 1.56. The van der Waals surface area contributed by atoms with E-state index in [1.807, 2.05) is 0 Å². The quantitative estimate of drug-likeness (QED) is 0.829. The number of nitrogens with zero attached hydrogens (tertiary/aromatic N) is 1. The van der Waals surface area contributed by atoms with Crippen molar-refractivity contribution in [3.8, 4) is 0 Å². The number of thiocarbonyl (C=S) groups is 1. The molecule has 1 aliphatic heterocycles. The molecule has 1 aromatic rings. The minimum atomic E-state index is -0.409. The molecular formula is C15H20FN3OS. The van der Waals surface area contributed by atoms with Gasteiger partial charge in [0.15, 0.2) is 0 Å². The number of carbonyl (C=O) groups is 1. The summed E-state index contributed by atoms with van der Waals surface area (Å²) in [7, 11) is 1.65. The van der Waals surface area contributed by atoms with Gasteiger partial charge in [-0.1, -0.05) is 24.7 Å². The molecule has 1 fully saturated rings. The summed E-state index contributed by atoms with van der Waals surface area (Å²) >= 11 is 4.86. The highest BCUT2D eigenvalue weighted by atomic mass is 32.1. The number of amides is 1. The lowest BCUT2D eigenvalue weighted by molar-refractivity contribution is -0.127. The first-order chi connectivity index (χ1) is 10.0. The molecule has 0 saturated carbocycles. The summed E-state index contributed by atoms with van der Waals surface area (Å²) in [5, 5.41) is 2.71. The van der Waals surface area contributed by atoms with Crippen LogP contribution in [0.4, 0.5) is 4.39 Å². The fourth-order valence-corrected chi connectivity index (χ4v) is 2.89. The van der Waals surface area contributed by atoms with Crippen LogP contribution >= 0.6 is 12.2 Å². The second-order valence-corrected chi connectivity index (χ2v) is 5.71. The van der Waals surface area contributed by atoms with Gasteiger partial charge in [-0.15, -0.1) is 0 Å². The van der Waals surface area contributed by atoms with Gasteiger partial charge >= 0.3 is 0 Å². The average molecular weight is 309 g/mol. The molecule has 21 heavy (non-hydrogen) atoms. The number of carbonyl (C=O) groups excluding carboxylic acids is 1. The summed E-state index contributed by atoms with van der Waals surface area (Å²) in [5.74, 6) is -0.376. The monoisotopic (exact) mass is 309 g/mol. The number of hydrogen-bond donors (Lipinski definition) is 2. The Bertz CT molecular complexity index is 550. The Kier molecular flexibility index (Phi) is 5.25. The molecule has 1 saturated heterocycles. The highest BCUT2D eigenvalue weighted by Gasteiger charge is 2.27. The summed E-state index contributed by atoms with van der Waals surface area (Å²) < 4.78 is 13.6. The number of piperidine rings is 1. The van der Waals surface area contributed by atoms with Crippen LogP contribution in [0.25, 0.3) is 0 Å². The van der Waals surface area contributed by atoms with E-state index < -0.39 is 5.82 Å². The molecule has 1 atom stereocenters. The van der Waals surface area contributed by atoms with Crippen molar-refractivity contribution in [2.45, 2.75) is 31.8 Å². The van der Waals surface area contributed by atoms with E-state index in [4.69, 9.17) is 18.0 Å². The normalized spacial score (nSPS) is 19.2. The molecule has 6 heteroatoms. The van der Waals surface area contributed by atoms with Crippen molar-refractivity contribution in [3.05, 3.63) is 35.1 Å². The van der Waals surface area contributed by atoms with Gasteiger partial charge in [-0.3, -0.25) is 9.69 Å². The SMILES string of the molecule is CNC(=O)C1CCCCN1Cc1ccc(F)c(C(N)=S)c1. The molecule has 114 valence electrons. The van der Waals surface area contributed by atoms with Gasteiger partial charge in [0, 0.05) is 19.2 Å². The van der Waals surface area contributed by atoms with Crippen molar-refractivity contribution in [1.29, 1.82) is 0 Å². The molecule has 0 bridgehead atoms. The van der Waals surface area contributed by atoms with Gasteiger partial charge in [-0.05, 0) is 37.1 Å². The van der Waals surface area contributed by atoms with Crippen LogP contribution in [0.1, 0.15) is 30.4 Å². The van der Waals surface area contributed by atoms with Crippen LogP contribution in [0.15, 0.2) is 18.2 Å². The summed E-state index contributed by atoms with van der Waals surface area (Å²) in [5.41, 5.74) is 6.70. The number of likely N-dealkylation sites (tertiary alicyclic amines) is 1. The Balaban J connectivity index is 2.17. The zero-order valence-electron chi connectivity index (χ0n) is 12.1. The smallest absolute Gasteiger partial charge is 0.237 e. The van der Waals surface area contributed by atoms with Gasteiger partial charge in [0.05, 0.1) is 6.04 Å². The Hall–Kier alpha value is -1.53. The van der Waals surface area contributed by atoms with Crippen molar-refractivity contribution in [2.24, 2.45) is 5.73 Å². The Labute approximate surface area is 129 Å². The maximum atomic E-state index is 13.6. The molecule has 3 N–H and O–H groups in total. The summed E-state index contributed by atoms with van der Waals surface area (Å²) in [6, 6.07) is 4.64. The third kappa shape index (κ3) is 3.77. The predicted molar refractivity (Wildman–Crippen MR) is 84.4 cm³/mol. The van der Waals surface area contributed by atoms with Crippen LogP contribution in [-0.4, -0.2) is 35.4 Å². The molecule has 0 spiro atoms. The van der Waals surface area contributed by atoms with E-state index in [1.165, 1.54) is 6.07 Å². The van der Waals surface area contributed by atoms with Gasteiger partial charge < -0.3 is 11.1 Å². The molecule has 4 nitrogen and oxygen atoms in total. The summed E-state index contributed by atoms with van der Waals surface area (Å²) in [4.78, 5) is 14.1. The lowest BCUT2D eigenvalue weighted by Gasteiger charge is -2.34. The number of nitrogens with one attached hydrogen (secondary N) is 1. The van der Waals surface area contributed by atoms with Gasteiger partial charge in [-0.25, -0.2) is 4.39 Å². The first-order valence-corrected chi connectivity index (χ1v) is 7.47. The number of nitrogens with two attached hydrogens (primary N) is 1. The van der Waals surface area contributed by atoms with E-state index in [0.717, 1.165) is 31.4 Å². The number of benzene rings is 1. The standard InChI is InChI=1S/C15H20FN3OS/c1-18-15(20)13-4-2-3-7-19(13)9-10-5-6-12(16)11(8-10)14(17)21/h5-6,8,13H,2-4,7,9H2,1H3,(H2,17,21)(H,18,20). The van der Waals surface area contributed by atoms with Crippen LogP contribution < -0.4 is 11.1 Å².